The summed E-state index contributed by atoms with van der Waals surface area (Å²) in [6.07, 6.45) is 1.98. The standard InChI is InChI=1S/C14H25N3O/c1-6-7-15-13-9-12(8-10(2)3)16-14(17-13)11(4)18-5/h9-11H,6-8H2,1-5H3,(H,15,16,17). The monoisotopic (exact) mass is 251 g/mol. The van der Waals surface area contributed by atoms with Gasteiger partial charge in [-0.25, -0.2) is 9.97 Å². The molecular formula is C14H25N3O. The molecule has 0 radical (unpaired) electrons. The zero-order chi connectivity index (χ0) is 13.5. The zero-order valence-electron chi connectivity index (χ0n) is 12.2. The predicted octanol–water partition coefficient (Wildman–Crippen LogP) is 3.20. The second-order valence-corrected chi connectivity index (χ2v) is 5.01. The Kier molecular flexibility index (Phi) is 6.05. The maximum absolute atomic E-state index is 5.30. The van der Waals surface area contributed by atoms with Gasteiger partial charge in [0.2, 0.25) is 0 Å². The van der Waals surface area contributed by atoms with Crippen LogP contribution in [0.4, 0.5) is 5.82 Å². The molecule has 4 nitrogen and oxygen atoms in total. The van der Waals surface area contributed by atoms with Crippen LogP contribution in [-0.2, 0) is 11.2 Å². The number of ether oxygens (including phenoxy) is 1. The van der Waals surface area contributed by atoms with Crippen LogP contribution in [0, 0.1) is 5.92 Å². The van der Waals surface area contributed by atoms with E-state index < -0.39 is 0 Å². The summed E-state index contributed by atoms with van der Waals surface area (Å²) >= 11 is 0. The minimum Gasteiger partial charge on any atom is -0.374 e. The van der Waals surface area contributed by atoms with Gasteiger partial charge in [0.1, 0.15) is 11.9 Å². The highest BCUT2D eigenvalue weighted by molar-refractivity contribution is 5.36. The molecule has 1 rings (SSSR count). The van der Waals surface area contributed by atoms with Crippen molar-refractivity contribution in [3.8, 4) is 0 Å². The van der Waals surface area contributed by atoms with Gasteiger partial charge in [-0.1, -0.05) is 20.8 Å². The number of nitrogens with one attached hydrogen (secondary N) is 1. The summed E-state index contributed by atoms with van der Waals surface area (Å²) in [5.74, 6) is 2.25. The Morgan fingerprint density at radius 3 is 2.56 bits per heavy atom. The summed E-state index contributed by atoms with van der Waals surface area (Å²) in [6, 6.07) is 2.04. The Labute approximate surface area is 110 Å². The van der Waals surface area contributed by atoms with E-state index in [1.165, 1.54) is 0 Å². The van der Waals surface area contributed by atoms with Gasteiger partial charge in [0.05, 0.1) is 0 Å². The Morgan fingerprint density at radius 1 is 1.28 bits per heavy atom. The molecule has 18 heavy (non-hydrogen) atoms. The summed E-state index contributed by atoms with van der Waals surface area (Å²) in [5, 5.41) is 3.32. The van der Waals surface area contributed by atoms with Crippen molar-refractivity contribution in [3.05, 3.63) is 17.6 Å². The van der Waals surface area contributed by atoms with E-state index in [0.717, 1.165) is 36.7 Å². The van der Waals surface area contributed by atoms with Crippen LogP contribution in [0.3, 0.4) is 0 Å². The molecule has 4 heteroatoms. The van der Waals surface area contributed by atoms with Crippen LogP contribution in [-0.4, -0.2) is 23.6 Å². The molecule has 0 fully saturated rings. The number of nitrogens with zero attached hydrogens (tertiary/aromatic N) is 2. The van der Waals surface area contributed by atoms with Crippen molar-refractivity contribution in [2.75, 3.05) is 19.0 Å². The average Bonchev–Trinajstić information content (AvgIpc) is 2.34. The molecule has 1 aromatic rings. The van der Waals surface area contributed by atoms with E-state index in [1.54, 1.807) is 7.11 Å². The van der Waals surface area contributed by atoms with Crippen molar-refractivity contribution in [1.82, 2.24) is 9.97 Å². The second-order valence-electron chi connectivity index (χ2n) is 5.01. The molecule has 0 saturated heterocycles. The minimum absolute atomic E-state index is 0.0701. The SMILES string of the molecule is CCCNc1cc(CC(C)C)nc(C(C)OC)n1. The fraction of sp³-hybridized carbons (Fsp3) is 0.714. The first kappa shape index (κ1) is 14.9. The Morgan fingerprint density at radius 2 is 2.00 bits per heavy atom. The number of methoxy groups -OCH3 is 1. The number of aromatic nitrogens is 2. The largest absolute Gasteiger partial charge is 0.374 e. The summed E-state index contributed by atoms with van der Waals surface area (Å²) in [5.41, 5.74) is 1.08. The smallest absolute Gasteiger partial charge is 0.159 e. The fourth-order valence-corrected chi connectivity index (χ4v) is 1.67. The Bertz CT molecular complexity index is 366. The lowest BCUT2D eigenvalue weighted by atomic mass is 10.1. The highest BCUT2D eigenvalue weighted by Crippen LogP contribution is 2.17. The third-order valence-corrected chi connectivity index (χ3v) is 2.69. The van der Waals surface area contributed by atoms with Crippen molar-refractivity contribution in [3.63, 3.8) is 0 Å². The van der Waals surface area contributed by atoms with Gasteiger partial charge >= 0.3 is 0 Å². The minimum atomic E-state index is -0.0701. The molecule has 1 N–H and O–H groups in total. The quantitative estimate of drug-likeness (QED) is 0.808. The molecule has 0 aliphatic carbocycles. The van der Waals surface area contributed by atoms with Crippen molar-refractivity contribution in [2.24, 2.45) is 5.92 Å². The van der Waals surface area contributed by atoms with Crippen LogP contribution >= 0.6 is 0 Å². The van der Waals surface area contributed by atoms with E-state index in [2.05, 4.69) is 36.1 Å². The molecule has 1 heterocycles. The first-order valence-corrected chi connectivity index (χ1v) is 6.71. The van der Waals surface area contributed by atoms with Crippen LogP contribution in [0.25, 0.3) is 0 Å². The summed E-state index contributed by atoms with van der Waals surface area (Å²) < 4.78 is 5.30. The van der Waals surface area contributed by atoms with Gasteiger partial charge < -0.3 is 10.1 Å². The van der Waals surface area contributed by atoms with Crippen LogP contribution in [0.2, 0.25) is 0 Å². The van der Waals surface area contributed by atoms with Crippen LogP contribution in [0.5, 0.6) is 0 Å². The lowest BCUT2D eigenvalue weighted by Crippen LogP contribution is -2.11. The number of rotatable bonds is 7. The molecule has 1 atom stereocenters. The Hall–Kier alpha value is -1.16. The van der Waals surface area contributed by atoms with Crippen molar-refractivity contribution >= 4 is 5.82 Å². The fourth-order valence-electron chi connectivity index (χ4n) is 1.67. The maximum atomic E-state index is 5.30. The van der Waals surface area contributed by atoms with Crippen molar-refractivity contribution in [1.29, 1.82) is 0 Å². The van der Waals surface area contributed by atoms with Gasteiger partial charge in [-0.3, -0.25) is 0 Å². The molecule has 0 bridgehead atoms. The van der Waals surface area contributed by atoms with E-state index >= 15 is 0 Å². The zero-order valence-corrected chi connectivity index (χ0v) is 12.2. The summed E-state index contributed by atoms with van der Waals surface area (Å²) in [4.78, 5) is 9.08. The number of hydrogen-bond acceptors (Lipinski definition) is 4. The van der Waals surface area contributed by atoms with Gasteiger partial charge in [-0.2, -0.15) is 0 Å². The van der Waals surface area contributed by atoms with E-state index in [1.807, 2.05) is 13.0 Å². The molecule has 1 aromatic heterocycles. The molecule has 0 amide bonds. The van der Waals surface area contributed by atoms with Crippen LogP contribution in [0.15, 0.2) is 6.07 Å². The van der Waals surface area contributed by atoms with Crippen LogP contribution < -0.4 is 5.32 Å². The number of anilines is 1. The second kappa shape index (κ2) is 7.31. The van der Waals surface area contributed by atoms with Gasteiger partial charge in [-0.05, 0) is 25.7 Å². The Balaban J connectivity index is 2.95. The molecule has 0 spiro atoms. The van der Waals surface area contributed by atoms with E-state index in [-0.39, 0.29) is 6.10 Å². The van der Waals surface area contributed by atoms with Gasteiger partial charge in [0.15, 0.2) is 5.82 Å². The molecule has 0 saturated carbocycles. The number of hydrogen-bond donors (Lipinski definition) is 1. The van der Waals surface area contributed by atoms with E-state index in [9.17, 15) is 0 Å². The molecule has 0 aromatic carbocycles. The lowest BCUT2D eigenvalue weighted by Gasteiger charge is -2.14. The topological polar surface area (TPSA) is 47.0 Å². The molecule has 1 unspecified atom stereocenters. The molecular weight excluding hydrogens is 226 g/mol. The first-order valence-electron chi connectivity index (χ1n) is 6.71. The predicted molar refractivity (Wildman–Crippen MR) is 74.8 cm³/mol. The summed E-state index contributed by atoms with van der Waals surface area (Å²) in [7, 11) is 1.68. The lowest BCUT2D eigenvalue weighted by molar-refractivity contribution is 0.112. The van der Waals surface area contributed by atoms with Gasteiger partial charge in [-0.15, -0.1) is 0 Å². The first-order chi connectivity index (χ1) is 8.56. The highest BCUT2D eigenvalue weighted by Gasteiger charge is 2.11. The third-order valence-electron chi connectivity index (χ3n) is 2.69. The van der Waals surface area contributed by atoms with Crippen molar-refractivity contribution < 1.29 is 4.74 Å². The van der Waals surface area contributed by atoms with Crippen molar-refractivity contribution in [2.45, 2.75) is 46.6 Å². The molecule has 0 aliphatic heterocycles. The van der Waals surface area contributed by atoms with Crippen LogP contribution in [0.1, 0.15) is 51.7 Å². The van der Waals surface area contributed by atoms with E-state index in [4.69, 9.17) is 4.74 Å². The maximum Gasteiger partial charge on any atom is 0.159 e. The highest BCUT2D eigenvalue weighted by atomic mass is 16.5. The van der Waals surface area contributed by atoms with Gasteiger partial charge in [0.25, 0.3) is 0 Å². The normalized spacial score (nSPS) is 12.8. The summed E-state index contributed by atoms with van der Waals surface area (Å²) in [6.45, 7) is 9.43. The average molecular weight is 251 g/mol. The van der Waals surface area contributed by atoms with E-state index in [0.29, 0.717) is 5.92 Å². The third kappa shape index (κ3) is 4.61. The molecule has 102 valence electrons. The van der Waals surface area contributed by atoms with Gasteiger partial charge in [0, 0.05) is 25.4 Å². The molecule has 0 aliphatic rings.